The number of aryl methyl sites for hydroxylation is 2. The highest BCUT2D eigenvalue weighted by Gasteiger charge is 2.31. The smallest absolute Gasteiger partial charge is 0.254 e. The molecule has 4 heterocycles. The third kappa shape index (κ3) is 5.23. The Kier molecular flexibility index (Phi) is 7.33. The number of pyridine rings is 1. The Hall–Kier alpha value is -4.42. The molecule has 2 aromatic heterocycles. The number of nitrogens with zero attached hydrogens (tertiary/aromatic N) is 7. The van der Waals surface area contributed by atoms with E-state index in [1.54, 1.807) is 0 Å². The first-order chi connectivity index (χ1) is 19.9. The number of benzene rings is 2. The largest absolute Gasteiger partial charge is 0.368 e. The van der Waals surface area contributed by atoms with Gasteiger partial charge in [0.2, 0.25) is 0 Å². The van der Waals surface area contributed by atoms with Gasteiger partial charge in [-0.15, -0.1) is 0 Å². The molecule has 210 valence electrons. The number of nitriles is 1. The van der Waals surface area contributed by atoms with Crippen molar-refractivity contribution in [2.45, 2.75) is 33.4 Å². The van der Waals surface area contributed by atoms with E-state index < -0.39 is 0 Å². The second-order valence-electron chi connectivity index (χ2n) is 11.2. The number of rotatable bonds is 5. The molecule has 0 radical (unpaired) electrons. The zero-order valence-corrected chi connectivity index (χ0v) is 24.0. The van der Waals surface area contributed by atoms with Gasteiger partial charge in [0.15, 0.2) is 5.82 Å². The van der Waals surface area contributed by atoms with Gasteiger partial charge in [-0.05, 0) is 61.7 Å². The van der Waals surface area contributed by atoms with Crippen molar-refractivity contribution in [1.29, 1.82) is 5.26 Å². The minimum Gasteiger partial charge on any atom is -0.368 e. The number of para-hydroxylation sites is 1. The van der Waals surface area contributed by atoms with Crippen LogP contribution in [0.1, 0.15) is 39.5 Å². The normalized spacial score (nSPS) is 18.1. The van der Waals surface area contributed by atoms with E-state index >= 15 is 0 Å². The van der Waals surface area contributed by atoms with E-state index in [1.807, 2.05) is 54.5 Å². The molecule has 1 unspecified atom stereocenters. The van der Waals surface area contributed by atoms with Gasteiger partial charge in [-0.3, -0.25) is 14.8 Å². The van der Waals surface area contributed by atoms with Crippen molar-refractivity contribution >= 4 is 28.3 Å². The van der Waals surface area contributed by atoms with Crippen LogP contribution < -0.4 is 9.80 Å². The number of hydrogen-bond donors (Lipinski definition) is 1. The van der Waals surface area contributed by atoms with Crippen LogP contribution in [-0.4, -0.2) is 82.7 Å². The molecule has 2 saturated heterocycles. The Morgan fingerprint density at radius 1 is 1.02 bits per heavy atom. The molecule has 0 bridgehead atoms. The number of fused-ring (bicyclic) bond motifs is 1. The minimum absolute atomic E-state index is 0.0461. The van der Waals surface area contributed by atoms with Crippen LogP contribution in [0, 0.1) is 25.2 Å². The molecule has 2 aliphatic rings. The lowest BCUT2D eigenvalue weighted by molar-refractivity contribution is 0.0673. The van der Waals surface area contributed by atoms with E-state index in [2.05, 4.69) is 61.9 Å². The van der Waals surface area contributed by atoms with Crippen LogP contribution in [0.5, 0.6) is 0 Å². The first-order valence-corrected chi connectivity index (χ1v) is 14.3. The van der Waals surface area contributed by atoms with Crippen molar-refractivity contribution in [3.8, 4) is 6.07 Å². The molecule has 1 amide bonds. The second kappa shape index (κ2) is 11.2. The fourth-order valence-electron chi connectivity index (χ4n) is 6.23. The fourth-order valence-corrected chi connectivity index (χ4v) is 6.23. The minimum atomic E-state index is 0.0461. The van der Waals surface area contributed by atoms with Gasteiger partial charge in [-0.25, -0.2) is 4.98 Å². The summed E-state index contributed by atoms with van der Waals surface area (Å²) in [6.45, 7) is 12.7. The van der Waals surface area contributed by atoms with Gasteiger partial charge in [-0.2, -0.15) is 10.4 Å². The molecule has 0 saturated carbocycles. The number of carbonyl (C=O) groups is 1. The van der Waals surface area contributed by atoms with Crippen LogP contribution >= 0.6 is 0 Å². The molecule has 0 aliphatic carbocycles. The van der Waals surface area contributed by atoms with Crippen LogP contribution in [0.15, 0.2) is 54.9 Å². The summed E-state index contributed by atoms with van der Waals surface area (Å²) >= 11 is 0. The van der Waals surface area contributed by atoms with Crippen LogP contribution in [-0.2, 0) is 6.54 Å². The molecule has 0 spiro atoms. The quantitative estimate of drug-likeness (QED) is 0.401. The summed E-state index contributed by atoms with van der Waals surface area (Å²) in [5.74, 6) is 0.991. The maximum absolute atomic E-state index is 13.9. The highest BCUT2D eigenvalue weighted by atomic mass is 16.2. The molecular weight excluding hydrogens is 512 g/mol. The third-order valence-electron chi connectivity index (χ3n) is 8.58. The van der Waals surface area contributed by atoms with E-state index in [4.69, 9.17) is 0 Å². The Morgan fingerprint density at radius 3 is 2.59 bits per heavy atom. The maximum Gasteiger partial charge on any atom is 0.254 e. The summed E-state index contributed by atoms with van der Waals surface area (Å²) in [4.78, 5) is 27.5. The number of aromatic amines is 1. The van der Waals surface area contributed by atoms with Crippen molar-refractivity contribution in [2.24, 2.45) is 0 Å². The number of H-pyrrole nitrogens is 1. The van der Waals surface area contributed by atoms with Crippen LogP contribution in [0.25, 0.3) is 10.9 Å². The molecule has 9 heteroatoms. The van der Waals surface area contributed by atoms with Gasteiger partial charge in [-0.1, -0.05) is 18.2 Å². The standard InChI is InChI=1S/C32H36N8O/c1-22-16-23(2)28(17-27(22)21-37-10-12-38(13-11-37)29-7-5-4-6-25(29)18-33)32(41)40-15-14-39(20-24(40)3)31-30-26(8-9-34-31)19-35-36-30/h4-9,16-17,19,24H,10-15,20-21H2,1-3H3,(H,35,36). The average Bonchev–Trinajstić information content (AvgIpc) is 3.48. The molecule has 6 rings (SSSR count). The van der Waals surface area contributed by atoms with Crippen molar-refractivity contribution in [3.63, 3.8) is 0 Å². The van der Waals surface area contributed by atoms with E-state index in [-0.39, 0.29) is 11.9 Å². The molecule has 4 aromatic rings. The SMILES string of the molecule is Cc1cc(C)c(C(=O)N2CCN(c3nccc4cn[nH]c34)CC2C)cc1CN1CCN(c2ccccc2C#N)CC1. The highest BCUT2D eigenvalue weighted by molar-refractivity contribution is 5.96. The zero-order chi connectivity index (χ0) is 28.5. The van der Waals surface area contributed by atoms with E-state index in [1.165, 1.54) is 11.1 Å². The summed E-state index contributed by atoms with van der Waals surface area (Å²) < 4.78 is 0. The molecule has 2 aromatic carbocycles. The Balaban J connectivity index is 1.13. The van der Waals surface area contributed by atoms with Gasteiger partial charge < -0.3 is 14.7 Å². The third-order valence-corrected chi connectivity index (χ3v) is 8.58. The van der Waals surface area contributed by atoms with Gasteiger partial charge >= 0.3 is 0 Å². The monoisotopic (exact) mass is 548 g/mol. The summed E-state index contributed by atoms with van der Waals surface area (Å²) in [5, 5.41) is 17.8. The summed E-state index contributed by atoms with van der Waals surface area (Å²) in [5.41, 5.74) is 6.91. The Labute approximate surface area is 241 Å². The molecule has 2 aliphatic heterocycles. The molecular formula is C32H36N8O. The number of nitrogens with one attached hydrogen (secondary N) is 1. The molecule has 9 nitrogen and oxygen atoms in total. The molecule has 2 fully saturated rings. The van der Waals surface area contributed by atoms with Crippen molar-refractivity contribution in [2.75, 3.05) is 55.6 Å². The van der Waals surface area contributed by atoms with Crippen LogP contribution in [0.2, 0.25) is 0 Å². The average molecular weight is 549 g/mol. The van der Waals surface area contributed by atoms with E-state index in [9.17, 15) is 10.1 Å². The van der Waals surface area contributed by atoms with Crippen molar-refractivity contribution in [1.82, 2.24) is 25.0 Å². The maximum atomic E-state index is 13.9. The number of anilines is 2. The summed E-state index contributed by atoms with van der Waals surface area (Å²) in [6.07, 6.45) is 3.63. The van der Waals surface area contributed by atoms with Crippen LogP contribution in [0.3, 0.4) is 0 Å². The predicted molar refractivity (Wildman–Crippen MR) is 161 cm³/mol. The lowest BCUT2D eigenvalue weighted by Crippen LogP contribution is -2.54. The first kappa shape index (κ1) is 26.8. The summed E-state index contributed by atoms with van der Waals surface area (Å²) in [7, 11) is 0. The number of amides is 1. The fraction of sp³-hybridized carbons (Fsp3) is 0.375. The number of piperazine rings is 2. The zero-order valence-electron chi connectivity index (χ0n) is 24.0. The molecule has 1 N–H and O–H groups in total. The topological polar surface area (TPSA) is 95.4 Å². The van der Waals surface area contributed by atoms with Gasteiger partial charge in [0.1, 0.15) is 11.6 Å². The Bertz CT molecular complexity index is 1610. The number of aromatic nitrogens is 3. The first-order valence-electron chi connectivity index (χ1n) is 14.3. The van der Waals surface area contributed by atoms with Crippen molar-refractivity contribution in [3.05, 3.63) is 82.7 Å². The van der Waals surface area contributed by atoms with Gasteiger partial charge in [0.05, 0.1) is 17.4 Å². The lowest BCUT2D eigenvalue weighted by atomic mass is 9.97. The predicted octanol–water partition coefficient (Wildman–Crippen LogP) is 4.12. The Morgan fingerprint density at radius 2 is 1.80 bits per heavy atom. The lowest BCUT2D eigenvalue weighted by Gasteiger charge is -2.40. The van der Waals surface area contributed by atoms with E-state index in [0.29, 0.717) is 13.1 Å². The van der Waals surface area contributed by atoms with Gasteiger partial charge in [0.25, 0.3) is 5.91 Å². The highest BCUT2D eigenvalue weighted by Crippen LogP contribution is 2.27. The molecule has 41 heavy (non-hydrogen) atoms. The second-order valence-corrected chi connectivity index (χ2v) is 11.2. The number of carbonyl (C=O) groups excluding carboxylic acids is 1. The molecule has 1 atom stereocenters. The summed E-state index contributed by atoms with van der Waals surface area (Å²) in [6, 6.07) is 16.4. The van der Waals surface area contributed by atoms with Crippen LogP contribution in [0.4, 0.5) is 11.5 Å². The van der Waals surface area contributed by atoms with E-state index in [0.717, 1.165) is 78.4 Å². The van der Waals surface area contributed by atoms with Crippen molar-refractivity contribution < 1.29 is 4.79 Å². The number of hydrogen-bond acceptors (Lipinski definition) is 7. The van der Waals surface area contributed by atoms with Gasteiger partial charge in [0, 0.05) is 75.5 Å².